The number of nitrogens with zero attached hydrogens (tertiary/aromatic N) is 2. The van der Waals surface area contributed by atoms with Crippen molar-refractivity contribution in [1.82, 2.24) is 4.98 Å². The average Bonchev–Trinajstić information content (AvgIpc) is 2.73. The van der Waals surface area contributed by atoms with Crippen molar-refractivity contribution < 1.29 is 17.9 Å². The molecule has 0 saturated carbocycles. The molecule has 4 nitrogen and oxygen atoms in total. The van der Waals surface area contributed by atoms with Gasteiger partial charge in [0.05, 0.1) is 12.7 Å². The third-order valence-corrected chi connectivity index (χ3v) is 2.90. The van der Waals surface area contributed by atoms with E-state index < -0.39 is 11.7 Å². The number of alkyl halides is 3. The topological polar surface area (TPSA) is 51.4 Å². The lowest BCUT2D eigenvalue weighted by Gasteiger charge is -2.20. The van der Waals surface area contributed by atoms with E-state index in [1.54, 1.807) is 0 Å². The second-order valence-electron chi connectivity index (χ2n) is 4.24. The number of hydrogen-bond acceptors (Lipinski definition) is 4. The molecule has 2 N–H and O–H groups in total. The Kier molecular flexibility index (Phi) is 3.34. The Labute approximate surface area is 103 Å². The van der Waals surface area contributed by atoms with Crippen molar-refractivity contribution in [1.29, 1.82) is 0 Å². The van der Waals surface area contributed by atoms with Gasteiger partial charge in [0, 0.05) is 25.3 Å². The molecule has 0 radical (unpaired) electrons. The average molecular weight is 261 g/mol. The molecule has 1 aromatic rings. The minimum absolute atomic E-state index is 0.0267. The van der Waals surface area contributed by atoms with E-state index in [1.165, 1.54) is 7.11 Å². The Bertz CT molecular complexity index is 436. The molecule has 100 valence electrons. The SMILES string of the molecule is COc1cc(C(F)(F)F)cnc1N1CCC(N)C1. The highest BCUT2D eigenvalue weighted by molar-refractivity contribution is 5.54. The molecule has 0 aromatic carbocycles. The molecule has 0 spiro atoms. The fraction of sp³-hybridized carbons (Fsp3) is 0.545. The molecular formula is C11H14F3N3O. The predicted octanol–water partition coefficient (Wildman–Crippen LogP) is 1.65. The van der Waals surface area contributed by atoms with Gasteiger partial charge in [0.25, 0.3) is 0 Å². The Morgan fingerprint density at radius 1 is 1.50 bits per heavy atom. The van der Waals surface area contributed by atoms with Gasteiger partial charge >= 0.3 is 6.18 Å². The zero-order valence-corrected chi connectivity index (χ0v) is 9.87. The van der Waals surface area contributed by atoms with Crippen molar-refractivity contribution in [3.8, 4) is 5.75 Å². The van der Waals surface area contributed by atoms with Crippen LogP contribution in [-0.2, 0) is 6.18 Å². The van der Waals surface area contributed by atoms with Crippen LogP contribution in [0.3, 0.4) is 0 Å². The van der Waals surface area contributed by atoms with E-state index in [-0.39, 0.29) is 11.8 Å². The van der Waals surface area contributed by atoms with Crippen molar-refractivity contribution in [2.24, 2.45) is 5.73 Å². The monoisotopic (exact) mass is 261 g/mol. The van der Waals surface area contributed by atoms with Crippen molar-refractivity contribution >= 4 is 5.82 Å². The fourth-order valence-corrected chi connectivity index (χ4v) is 1.96. The second kappa shape index (κ2) is 4.64. The summed E-state index contributed by atoms with van der Waals surface area (Å²) < 4.78 is 42.6. The van der Waals surface area contributed by atoms with Gasteiger partial charge in [-0.2, -0.15) is 13.2 Å². The van der Waals surface area contributed by atoms with Gasteiger partial charge in [-0.3, -0.25) is 0 Å². The Morgan fingerprint density at radius 2 is 2.22 bits per heavy atom. The molecule has 1 aliphatic heterocycles. The molecule has 18 heavy (non-hydrogen) atoms. The van der Waals surface area contributed by atoms with Crippen LogP contribution in [0.5, 0.6) is 5.75 Å². The summed E-state index contributed by atoms with van der Waals surface area (Å²) in [6.45, 7) is 1.25. The lowest BCUT2D eigenvalue weighted by Crippen LogP contribution is -2.27. The predicted molar refractivity (Wildman–Crippen MR) is 60.6 cm³/mol. The molecule has 1 atom stereocenters. The van der Waals surface area contributed by atoms with Crippen LogP contribution in [0, 0.1) is 0 Å². The minimum atomic E-state index is -4.42. The van der Waals surface area contributed by atoms with Crippen LogP contribution < -0.4 is 15.4 Å². The summed E-state index contributed by atoms with van der Waals surface area (Å²) in [6, 6.07) is 0.991. The minimum Gasteiger partial charge on any atom is -0.493 e. The number of pyridine rings is 1. The number of rotatable bonds is 2. The van der Waals surface area contributed by atoms with E-state index in [2.05, 4.69) is 4.98 Å². The van der Waals surface area contributed by atoms with E-state index >= 15 is 0 Å². The van der Waals surface area contributed by atoms with Crippen LogP contribution in [-0.4, -0.2) is 31.2 Å². The molecule has 2 rings (SSSR count). The Morgan fingerprint density at radius 3 is 2.72 bits per heavy atom. The summed E-state index contributed by atoms with van der Waals surface area (Å²) in [5, 5.41) is 0. The number of halogens is 3. The van der Waals surface area contributed by atoms with Crippen LogP contribution in [0.15, 0.2) is 12.3 Å². The van der Waals surface area contributed by atoms with E-state index in [0.29, 0.717) is 18.9 Å². The summed E-state index contributed by atoms with van der Waals surface area (Å²) in [5.74, 6) is 0.539. The summed E-state index contributed by atoms with van der Waals surface area (Å²) >= 11 is 0. The first kappa shape index (κ1) is 12.9. The van der Waals surface area contributed by atoms with E-state index in [0.717, 1.165) is 18.7 Å². The second-order valence-corrected chi connectivity index (χ2v) is 4.24. The van der Waals surface area contributed by atoms with Gasteiger partial charge in [0.2, 0.25) is 0 Å². The molecule has 0 amide bonds. The highest BCUT2D eigenvalue weighted by atomic mass is 19.4. The zero-order chi connectivity index (χ0) is 13.3. The molecule has 2 heterocycles. The van der Waals surface area contributed by atoms with E-state index in [1.807, 2.05) is 4.90 Å². The molecule has 7 heteroatoms. The van der Waals surface area contributed by atoms with Gasteiger partial charge in [-0.1, -0.05) is 0 Å². The molecule has 1 aliphatic rings. The van der Waals surface area contributed by atoms with Gasteiger partial charge in [-0.15, -0.1) is 0 Å². The van der Waals surface area contributed by atoms with Crippen molar-refractivity contribution in [3.63, 3.8) is 0 Å². The molecule has 0 aliphatic carbocycles. The normalized spacial score (nSPS) is 20.3. The number of hydrogen-bond donors (Lipinski definition) is 1. The molecule has 1 fully saturated rings. The lowest BCUT2D eigenvalue weighted by atomic mass is 10.2. The number of methoxy groups -OCH3 is 1. The molecular weight excluding hydrogens is 247 g/mol. The fourth-order valence-electron chi connectivity index (χ4n) is 1.96. The smallest absolute Gasteiger partial charge is 0.418 e. The van der Waals surface area contributed by atoms with Gasteiger partial charge in [-0.25, -0.2) is 4.98 Å². The van der Waals surface area contributed by atoms with Gasteiger partial charge in [0.1, 0.15) is 0 Å². The maximum atomic E-state index is 12.5. The van der Waals surface area contributed by atoms with Crippen molar-refractivity contribution in [2.45, 2.75) is 18.6 Å². The summed E-state index contributed by atoms with van der Waals surface area (Å²) in [4.78, 5) is 5.69. The van der Waals surface area contributed by atoms with Gasteiger partial charge < -0.3 is 15.4 Å². The summed E-state index contributed by atoms with van der Waals surface area (Å²) in [5.41, 5.74) is 4.95. The number of anilines is 1. The Balaban J connectivity index is 2.32. The molecule has 1 unspecified atom stereocenters. The van der Waals surface area contributed by atoms with Crippen LogP contribution in [0.2, 0.25) is 0 Å². The highest BCUT2D eigenvalue weighted by Gasteiger charge is 2.33. The van der Waals surface area contributed by atoms with Gasteiger partial charge in [0.15, 0.2) is 11.6 Å². The third kappa shape index (κ3) is 2.50. The highest BCUT2D eigenvalue weighted by Crippen LogP contribution is 2.35. The van der Waals surface area contributed by atoms with E-state index in [9.17, 15) is 13.2 Å². The van der Waals surface area contributed by atoms with Crippen LogP contribution in [0.1, 0.15) is 12.0 Å². The quantitative estimate of drug-likeness (QED) is 0.879. The summed E-state index contributed by atoms with van der Waals surface area (Å²) in [7, 11) is 1.33. The van der Waals surface area contributed by atoms with E-state index in [4.69, 9.17) is 10.5 Å². The van der Waals surface area contributed by atoms with Gasteiger partial charge in [-0.05, 0) is 12.5 Å². The molecule has 1 saturated heterocycles. The number of aromatic nitrogens is 1. The van der Waals surface area contributed by atoms with Crippen molar-refractivity contribution in [2.75, 3.05) is 25.1 Å². The standard InChI is InChI=1S/C11H14F3N3O/c1-18-9-4-7(11(12,13)14)5-16-10(9)17-3-2-8(15)6-17/h4-5,8H,2-3,6,15H2,1H3. The first-order valence-corrected chi connectivity index (χ1v) is 5.53. The third-order valence-electron chi connectivity index (χ3n) is 2.90. The van der Waals surface area contributed by atoms with Crippen molar-refractivity contribution in [3.05, 3.63) is 17.8 Å². The lowest BCUT2D eigenvalue weighted by molar-refractivity contribution is -0.137. The zero-order valence-electron chi connectivity index (χ0n) is 9.87. The molecule has 0 bridgehead atoms. The Hall–Kier alpha value is -1.50. The number of ether oxygens (including phenoxy) is 1. The van der Waals surface area contributed by atoms with Crippen LogP contribution >= 0.6 is 0 Å². The molecule has 1 aromatic heterocycles. The largest absolute Gasteiger partial charge is 0.493 e. The maximum absolute atomic E-state index is 12.5. The first-order chi connectivity index (χ1) is 8.41. The van der Waals surface area contributed by atoms with Crippen LogP contribution in [0.4, 0.5) is 19.0 Å². The first-order valence-electron chi connectivity index (χ1n) is 5.53. The maximum Gasteiger partial charge on any atom is 0.418 e. The summed E-state index contributed by atoms with van der Waals surface area (Å²) in [6.07, 6.45) is -2.80. The number of nitrogens with two attached hydrogens (primary N) is 1. The van der Waals surface area contributed by atoms with Crippen LogP contribution in [0.25, 0.3) is 0 Å².